The Bertz CT molecular complexity index is 702. The van der Waals surface area contributed by atoms with Gasteiger partial charge in [-0.25, -0.2) is 0 Å². The summed E-state index contributed by atoms with van der Waals surface area (Å²) in [6.45, 7) is 2.58. The van der Waals surface area contributed by atoms with Gasteiger partial charge in [0.25, 0.3) is 0 Å². The van der Waals surface area contributed by atoms with Crippen molar-refractivity contribution in [1.29, 1.82) is 0 Å². The van der Waals surface area contributed by atoms with Crippen LogP contribution in [-0.2, 0) is 4.79 Å². The molecule has 0 aromatic heterocycles. The van der Waals surface area contributed by atoms with Crippen molar-refractivity contribution in [2.75, 3.05) is 11.9 Å². The van der Waals surface area contributed by atoms with E-state index in [9.17, 15) is 4.79 Å². The lowest BCUT2D eigenvalue weighted by atomic mass is 9.95. The number of rotatable bonds is 6. The van der Waals surface area contributed by atoms with Crippen LogP contribution < -0.4 is 15.8 Å². The standard InChI is InChI=1S/C21H26N2O2/c1-15(16-8-3-2-4-9-16)25-20-13-6-5-12-19(20)23-21(24)18-11-7-10-17(18)14-22/h2-6,8-9,12-13,15,17-18H,7,10-11,14,22H2,1H3,(H,23,24)/t15?,17-,18-/m1/s1. The SMILES string of the molecule is CC(Oc1ccccc1NC(=O)[C@@H]1CCC[C@@H]1CN)c1ccccc1. The fourth-order valence-corrected chi connectivity index (χ4v) is 3.54. The summed E-state index contributed by atoms with van der Waals surface area (Å²) in [6, 6.07) is 17.7. The van der Waals surface area contributed by atoms with Gasteiger partial charge in [0.15, 0.2) is 0 Å². The number of carbonyl (C=O) groups excluding carboxylic acids is 1. The average molecular weight is 338 g/mol. The second-order valence-electron chi connectivity index (χ2n) is 6.69. The molecule has 132 valence electrons. The molecule has 1 aliphatic rings. The molecule has 1 saturated carbocycles. The van der Waals surface area contributed by atoms with Crippen molar-refractivity contribution < 1.29 is 9.53 Å². The Morgan fingerprint density at radius 3 is 2.64 bits per heavy atom. The summed E-state index contributed by atoms with van der Waals surface area (Å²) in [5, 5.41) is 3.05. The van der Waals surface area contributed by atoms with Gasteiger partial charge >= 0.3 is 0 Å². The fourth-order valence-electron chi connectivity index (χ4n) is 3.54. The van der Waals surface area contributed by atoms with E-state index in [0.717, 1.165) is 30.5 Å². The van der Waals surface area contributed by atoms with E-state index in [0.29, 0.717) is 12.3 Å². The van der Waals surface area contributed by atoms with Crippen molar-refractivity contribution in [3.05, 3.63) is 60.2 Å². The molecular formula is C21H26N2O2. The number of nitrogens with one attached hydrogen (secondary N) is 1. The number of hydrogen-bond acceptors (Lipinski definition) is 3. The minimum absolute atomic E-state index is 0.00426. The summed E-state index contributed by atoms with van der Waals surface area (Å²) in [6.07, 6.45) is 2.93. The Balaban J connectivity index is 1.71. The van der Waals surface area contributed by atoms with Crippen LogP contribution >= 0.6 is 0 Å². The summed E-state index contributed by atoms with van der Waals surface area (Å²) < 4.78 is 6.11. The van der Waals surface area contributed by atoms with Crippen molar-refractivity contribution in [2.24, 2.45) is 17.6 Å². The predicted molar refractivity (Wildman–Crippen MR) is 100 cm³/mol. The first kappa shape index (κ1) is 17.5. The van der Waals surface area contributed by atoms with Crippen LogP contribution in [0.4, 0.5) is 5.69 Å². The van der Waals surface area contributed by atoms with Gasteiger partial charge in [0.2, 0.25) is 5.91 Å². The lowest BCUT2D eigenvalue weighted by molar-refractivity contribution is -0.120. The van der Waals surface area contributed by atoms with Gasteiger partial charge in [0.1, 0.15) is 11.9 Å². The van der Waals surface area contributed by atoms with Crippen LogP contribution in [0.1, 0.15) is 37.9 Å². The molecule has 4 nitrogen and oxygen atoms in total. The molecule has 0 aliphatic heterocycles. The first-order chi connectivity index (χ1) is 12.2. The van der Waals surface area contributed by atoms with Crippen LogP contribution in [0.5, 0.6) is 5.75 Å². The molecule has 1 amide bonds. The van der Waals surface area contributed by atoms with Gasteiger partial charge in [0.05, 0.1) is 5.69 Å². The van der Waals surface area contributed by atoms with E-state index in [-0.39, 0.29) is 23.8 Å². The largest absolute Gasteiger partial charge is 0.484 e. The minimum atomic E-state index is -0.0949. The van der Waals surface area contributed by atoms with E-state index >= 15 is 0 Å². The number of amides is 1. The molecule has 3 atom stereocenters. The smallest absolute Gasteiger partial charge is 0.227 e. The summed E-state index contributed by atoms with van der Waals surface area (Å²) in [7, 11) is 0. The highest BCUT2D eigenvalue weighted by atomic mass is 16.5. The first-order valence-electron chi connectivity index (χ1n) is 9.00. The van der Waals surface area contributed by atoms with Crippen LogP contribution in [-0.4, -0.2) is 12.5 Å². The van der Waals surface area contributed by atoms with Crippen molar-refractivity contribution >= 4 is 11.6 Å². The Morgan fingerprint density at radius 2 is 1.88 bits per heavy atom. The molecule has 25 heavy (non-hydrogen) atoms. The minimum Gasteiger partial charge on any atom is -0.484 e. The van der Waals surface area contributed by atoms with Gasteiger partial charge in [0, 0.05) is 5.92 Å². The third-order valence-corrected chi connectivity index (χ3v) is 5.02. The fraction of sp³-hybridized carbons (Fsp3) is 0.381. The lowest BCUT2D eigenvalue weighted by Gasteiger charge is -2.21. The van der Waals surface area contributed by atoms with Gasteiger partial charge < -0.3 is 15.8 Å². The molecular weight excluding hydrogens is 312 g/mol. The van der Waals surface area contributed by atoms with Crippen molar-refractivity contribution in [1.82, 2.24) is 0 Å². The maximum Gasteiger partial charge on any atom is 0.227 e. The van der Waals surface area contributed by atoms with Gasteiger partial charge in [-0.2, -0.15) is 0 Å². The summed E-state index contributed by atoms with van der Waals surface area (Å²) >= 11 is 0. The number of para-hydroxylation sites is 2. The monoisotopic (exact) mass is 338 g/mol. The van der Waals surface area contributed by atoms with Crippen LogP contribution in [0.15, 0.2) is 54.6 Å². The van der Waals surface area contributed by atoms with E-state index in [1.165, 1.54) is 0 Å². The Kier molecular flexibility index (Phi) is 5.71. The molecule has 2 aromatic carbocycles. The number of benzene rings is 2. The third kappa shape index (κ3) is 4.20. The van der Waals surface area contributed by atoms with E-state index in [4.69, 9.17) is 10.5 Å². The molecule has 1 aliphatic carbocycles. The van der Waals surface area contributed by atoms with Crippen LogP contribution in [0.25, 0.3) is 0 Å². The molecule has 3 N–H and O–H groups in total. The van der Waals surface area contributed by atoms with Gasteiger partial charge in [-0.05, 0) is 49.9 Å². The normalized spacial score (nSPS) is 20.9. The first-order valence-corrected chi connectivity index (χ1v) is 9.00. The van der Waals surface area contributed by atoms with Crippen LogP contribution in [0, 0.1) is 11.8 Å². The third-order valence-electron chi connectivity index (χ3n) is 5.02. The van der Waals surface area contributed by atoms with E-state index in [1.807, 2.05) is 61.5 Å². The Morgan fingerprint density at radius 1 is 1.16 bits per heavy atom. The summed E-state index contributed by atoms with van der Waals surface area (Å²) in [5.74, 6) is 1.03. The zero-order chi connectivity index (χ0) is 17.6. The topological polar surface area (TPSA) is 64.3 Å². The number of anilines is 1. The van der Waals surface area contributed by atoms with E-state index < -0.39 is 0 Å². The summed E-state index contributed by atoms with van der Waals surface area (Å²) in [5.41, 5.74) is 7.63. The van der Waals surface area contributed by atoms with Crippen molar-refractivity contribution in [3.8, 4) is 5.75 Å². The van der Waals surface area contributed by atoms with E-state index in [1.54, 1.807) is 0 Å². The van der Waals surface area contributed by atoms with E-state index in [2.05, 4.69) is 5.32 Å². The summed E-state index contributed by atoms with van der Waals surface area (Å²) in [4.78, 5) is 12.7. The van der Waals surface area contributed by atoms with Crippen LogP contribution in [0.2, 0.25) is 0 Å². The predicted octanol–water partition coefficient (Wildman–Crippen LogP) is 4.14. The zero-order valence-corrected chi connectivity index (χ0v) is 14.7. The molecule has 0 spiro atoms. The molecule has 2 aromatic rings. The van der Waals surface area contributed by atoms with Gasteiger partial charge in [-0.15, -0.1) is 0 Å². The maximum absolute atomic E-state index is 12.7. The Labute approximate surface area is 149 Å². The average Bonchev–Trinajstić information content (AvgIpc) is 3.13. The van der Waals surface area contributed by atoms with Crippen molar-refractivity contribution in [3.63, 3.8) is 0 Å². The quantitative estimate of drug-likeness (QED) is 0.832. The molecule has 0 heterocycles. The maximum atomic E-state index is 12.7. The number of nitrogens with two attached hydrogens (primary N) is 1. The zero-order valence-electron chi connectivity index (χ0n) is 14.7. The number of carbonyl (C=O) groups is 1. The highest BCUT2D eigenvalue weighted by molar-refractivity contribution is 5.94. The number of ether oxygens (including phenoxy) is 1. The second-order valence-corrected chi connectivity index (χ2v) is 6.69. The molecule has 0 radical (unpaired) electrons. The van der Waals surface area contributed by atoms with Gasteiger partial charge in [-0.3, -0.25) is 4.79 Å². The molecule has 4 heteroatoms. The van der Waals surface area contributed by atoms with Gasteiger partial charge in [-0.1, -0.05) is 48.9 Å². The molecule has 0 bridgehead atoms. The lowest BCUT2D eigenvalue weighted by Crippen LogP contribution is -2.29. The number of hydrogen-bond donors (Lipinski definition) is 2. The van der Waals surface area contributed by atoms with Crippen LogP contribution in [0.3, 0.4) is 0 Å². The molecule has 1 unspecified atom stereocenters. The van der Waals surface area contributed by atoms with Crippen molar-refractivity contribution in [2.45, 2.75) is 32.3 Å². The highest BCUT2D eigenvalue weighted by Crippen LogP contribution is 2.34. The molecule has 0 saturated heterocycles. The second kappa shape index (κ2) is 8.17. The molecule has 1 fully saturated rings. The Hall–Kier alpha value is -2.33. The highest BCUT2D eigenvalue weighted by Gasteiger charge is 2.32. The molecule has 3 rings (SSSR count).